The summed E-state index contributed by atoms with van der Waals surface area (Å²) < 4.78 is 10.9. The molecule has 2 fully saturated rings. The van der Waals surface area contributed by atoms with E-state index in [0.717, 1.165) is 47.7 Å². The average molecular weight is 709 g/mol. The molecule has 2 aromatic heterocycles. The molecule has 2 aromatic carbocycles. The Hall–Kier alpha value is -4.84. The second-order valence-corrected chi connectivity index (χ2v) is 14.5. The Morgan fingerprint density at radius 3 is 2.59 bits per heavy atom. The predicted octanol–water partition coefficient (Wildman–Crippen LogP) is 6.75. The summed E-state index contributed by atoms with van der Waals surface area (Å²) in [5.74, 6) is 0.0742. The van der Waals surface area contributed by atoms with Gasteiger partial charge < -0.3 is 19.7 Å². The van der Waals surface area contributed by atoms with E-state index in [0.29, 0.717) is 30.7 Å². The third-order valence-corrected chi connectivity index (χ3v) is 11.1. The summed E-state index contributed by atoms with van der Waals surface area (Å²) in [5.41, 5.74) is 2.09. The molecular formula is C39H44N6O5S. The van der Waals surface area contributed by atoms with Crippen LogP contribution in [0.5, 0.6) is 5.75 Å². The fourth-order valence-corrected chi connectivity index (χ4v) is 8.10. The number of para-hydroxylation sites is 1. The lowest BCUT2D eigenvalue weighted by Gasteiger charge is -2.30. The van der Waals surface area contributed by atoms with Crippen molar-refractivity contribution in [3.8, 4) is 27.7 Å². The van der Waals surface area contributed by atoms with E-state index >= 15 is 0 Å². The third kappa shape index (κ3) is 7.33. The molecule has 3 aliphatic rings. The highest BCUT2D eigenvalue weighted by molar-refractivity contribution is 7.13. The van der Waals surface area contributed by atoms with Crippen LogP contribution in [-0.4, -0.2) is 74.9 Å². The number of carbonyl (C=O) groups excluding carboxylic acids is 3. The van der Waals surface area contributed by atoms with Crippen LogP contribution in [-0.2, 0) is 19.1 Å². The number of aromatic nitrogens is 4. The van der Waals surface area contributed by atoms with Crippen LogP contribution in [0.3, 0.4) is 0 Å². The second-order valence-electron chi connectivity index (χ2n) is 13.6. The molecule has 266 valence electrons. The number of hydrogen-bond acceptors (Lipinski definition) is 10. The van der Waals surface area contributed by atoms with Crippen LogP contribution in [0.1, 0.15) is 64.3 Å². The molecule has 1 amide bonds. The molecule has 5 atom stereocenters. The van der Waals surface area contributed by atoms with Gasteiger partial charge in [-0.2, -0.15) is 9.90 Å². The van der Waals surface area contributed by atoms with Gasteiger partial charge in [-0.15, -0.1) is 16.4 Å². The molecule has 1 aliphatic carbocycles. The fraction of sp³-hybridized carbons (Fsp3) is 0.436. The molecular weight excluding hydrogens is 665 g/mol. The Kier molecular flexibility index (Phi) is 10.3. The summed E-state index contributed by atoms with van der Waals surface area (Å²) >= 11 is 1.47. The number of allylic oxidation sites excluding steroid dienone is 2. The minimum absolute atomic E-state index is 0.0206. The first-order valence-corrected chi connectivity index (χ1v) is 18.8. The van der Waals surface area contributed by atoms with E-state index in [2.05, 4.69) is 22.5 Å². The average Bonchev–Trinajstić information content (AvgIpc) is 3.61. The molecule has 11 nitrogen and oxygen atoms in total. The number of carbonyl (C=O) groups is 3. The van der Waals surface area contributed by atoms with Crippen molar-refractivity contribution in [3.63, 3.8) is 0 Å². The normalized spacial score (nSPS) is 26.0. The number of thiazole rings is 1. The van der Waals surface area contributed by atoms with Gasteiger partial charge in [-0.3, -0.25) is 14.4 Å². The van der Waals surface area contributed by atoms with Crippen LogP contribution in [0.4, 0.5) is 5.69 Å². The first-order valence-electron chi connectivity index (χ1n) is 17.9. The lowest BCUT2D eigenvalue weighted by atomic mass is 9.91. The van der Waals surface area contributed by atoms with Crippen molar-refractivity contribution >= 4 is 34.7 Å². The summed E-state index contributed by atoms with van der Waals surface area (Å²) in [5, 5.41) is 16.1. The highest BCUT2D eigenvalue weighted by atomic mass is 32.1. The number of rotatable bonds is 8. The van der Waals surface area contributed by atoms with Gasteiger partial charge in [-0.1, -0.05) is 43.2 Å². The topological polar surface area (TPSA) is 129 Å². The molecule has 51 heavy (non-hydrogen) atoms. The summed E-state index contributed by atoms with van der Waals surface area (Å²) in [6.07, 6.45) is 11.2. The molecule has 0 unspecified atom stereocenters. The minimum Gasteiger partial charge on any atom is -0.497 e. The minimum atomic E-state index is -0.901. The number of anilines is 1. The Morgan fingerprint density at radius 2 is 1.84 bits per heavy atom. The van der Waals surface area contributed by atoms with Gasteiger partial charge in [0.2, 0.25) is 5.91 Å². The summed E-state index contributed by atoms with van der Waals surface area (Å²) in [6.45, 7) is 2.29. The van der Waals surface area contributed by atoms with Gasteiger partial charge in [0.1, 0.15) is 28.2 Å². The first kappa shape index (κ1) is 34.6. The van der Waals surface area contributed by atoms with Crippen molar-refractivity contribution in [1.29, 1.82) is 0 Å². The summed E-state index contributed by atoms with van der Waals surface area (Å²) in [4.78, 5) is 50.5. The van der Waals surface area contributed by atoms with Crippen LogP contribution in [0.25, 0.3) is 22.0 Å². The third-order valence-electron chi connectivity index (χ3n) is 10.3. The highest BCUT2D eigenvalue weighted by Gasteiger charge is 2.61. The molecule has 2 aliphatic heterocycles. The second kappa shape index (κ2) is 15.2. The van der Waals surface area contributed by atoms with E-state index in [4.69, 9.17) is 19.7 Å². The van der Waals surface area contributed by atoms with E-state index in [1.807, 2.05) is 60.0 Å². The Labute approximate surface area is 302 Å². The number of ether oxygens (including phenoxy) is 2. The van der Waals surface area contributed by atoms with Crippen molar-refractivity contribution < 1.29 is 23.9 Å². The zero-order valence-corrected chi connectivity index (χ0v) is 29.9. The maximum absolute atomic E-state index is 14.7. The standard InChI is InChI=1S/C39H44N6O5S/c1-3-50-38(48)39-23-27(39)12-8-5-4-6-11-15-31(41-28-13-9-7-10-14-28)37(47)44-25-29(22-32(44)33(46)24-39)45-42-34(26-16-18-30(49-2)19-17-26)35(43-45)36-40-20-21-51-36/h7-10,12-14,16-21,27,29,31-32,41H,3-6,11,15,22-25H2,1-2H3/b12-8-/t27-,29-,31+,32+,39-/m1/s1. The summed E-state index contributed by atoms with van der Waals surface area (Å²) in [7, 11) is 1.63. The number of methoxy groups -OCH3 is 1. The van der Waals surface area contributed by atoms with Crippen molar-refractivity contribution in [2.45, 2.75) is 76.4 Å². The number of benzene rings is 2. The van der Waals surface area contributed by atoms with Crippen LogP contribution >= 0.6 is 11.3 Å². The fourth-order valence-electron chi connectivity index (χ4n) is 7.48. The zero-order chi connectivity index (χ0) is 35.4. The maximum Gasteiger partial charge on any atom is 0.313 e. The van der Waals surface area contributed by atoms with Crippen molar-refractivity contribution in [1.82, 2.24) is 24.9 Å². The van der Waals surface area contributed by atoms with E-state index in [9.17, 15) is 14.4 Å². The Balaban J connectivity index is 1.25. The van der Waals surface area contributed by atoms with E-state index < -0.39 is 17.5 Å². The molecule has 0 radical (unpaired) electrons. The van der Waals surface area contributed by atoms with Gasteiger partial charge in [0.25, 0.3) is 0 Å². The first-order chi connectivity index (χ1) is 24.9. The van der Waals surface area contributed by atoms with Crippen LogP contribution in [0, 0.1) is 11.3 Å². The Bertz CT molecular complexity index is 1860. The molecule has 1 N–H and O–H groups in total. The Morgan fingerprint density at radius 1 is 1.04 bits per heavy atom. The molecule has 4 heterocycles. The quantitative estimate of drug-likeness (QED) is 0.156. The van der Waals surface area contributed by atoms with Crippen molar-refractivity contribution in [2.24, 2.45) is 11.3 Å². The number of ketones is 1. The number of nitrogens with zero attached hydrogens (tertiary/aromatic N) is 5. The SMILES string of the molecule is CCOC(=O)[C@]12CC(=O)[C@@H]3C[C@@H](n4nc(-c5ccc(OC)cc5)c(-c5nccs5)n4)CN3C(=O)[C@@H](Nc3ccccc3)CCCCC/C=C\[C@@H]1C2. The highest BCUT2D eigenvalue weighted by Crippen LogP contribution is 2.58. The molecule has 1 saturated carbocycles. The van der Waals surface area contributed by atoms with E-state index in [1.165, 1.54) is 11.3 Å². The van der Waals surface area contributed by atoms with Gasteiger partial charge >= 0.3 is 5.97 Å². The molecule has 4 aromatic rings. The van der Waals surface area contributed by atoms with Gasteiger partial charge in [0.15, 0.2) is 5.78 Å². The number of fused-ring (bicyclic) bond motifs is 2. The number of Topliss-reactive ketones (excluding diaryl/α,β-unsaturated/α-hetero) is 1. The molecule has 7 rings (SSSR count). The van der Waals surface area contributed by atoms with Crippen LogP contribution < -0.4 is 10.1 Å². The van der Waals surface area contributed by atoms with Gasteiger partial charge in [-0.05, 0) is 74.9 Å². The maximum atomic E-state index is 14.7. The zero-order valence-electron chi connectivity index (χ0n) is 29.1. The summed E-state index contributed by atoms with van der Waals surface area (Å²) in [6, 6.07) is 15.7. The molecule has 0 spiro atoms. The number of amides is 1. The van der Waals surface area contributed by atoms with E-state index in [-0.39, 0.29) is 49.2 Å². The van der Waals surface area contributed by atoms with E-state index in [1.54, 1.807) is 29.9 Å². The number of nitrogens with one attached hydrogen (secondary N) is 1. The lowest BCUT2D eigenvalue weighted by Crippen LogP contribution is -2.48. The molecule has 1 saturated heterocycles. The van der Waals surface area contributed by atoms with Gasteiger partial charge in [0.05, 0.1) is 31.2 Å². The molecule has 12 heteroatoms. The lowest BCUT2D eigenvalue weighted by molar-refractivity contribution is -0.152. The van der Waals surface area contributed by atoms with Gasteiger partial charge in [-0.25, -0.2) is 4.98 Å². The van der Waals surface area contributed by atoms with Gasteiger partial charge in [0, 0.05) is 42.2 Å². The largest absolute Gasteiger partial charge is 0.497 e. The smallest absolute Gasteiger partial charge is 0.313 e. The molecule has 0 bridgehead atoms. The van der Waals surface area contributed by atoms with Crippen molar-refractivity contribution in [2.75, 3.05) is 25.6 Å². The van der Waals surface area contributed by atoms with Crippen molar-refractivity contribution in [3.05, 3.63) is 78.3 Å². The monoisotopic (exact) mass is 708 g/mol. The number of esters is 1. The van der Waals surface area contributed by atoms with Crippen LogP contribution in [0.2, 0.25) is 0 Å². The predicted molar refractivity (Wildman–Crippen MR) is 195 cm³/mol. The number of hydrogen-bond donors (Lipinski definition) is 1. The van der Waals surface area contributed by atoms with Crippen LogP contribution in [0.15, 0.2) is 78.3 Å².